The molecular weight excluding hydrogens is 346 g/mol. The van der Waals surface area contributed by atoms with Crippen molar-refractivity contribution < 1.29 is 14.7 Å². The van der Waals surface area contributed by atoms with Gasteiger partial charge in [-0.15, -0.1) is 11.8 Å². The van der Waals surface area contributed by atoms with E-state index < -0.39 is 0 Å². The topological polar surface area (TPSA) is 51.0 Å². The molecule has 1 saturated carbocycles. The quantitative estimate of drug-likeness (QED) is 0.375. The van der Waals surface area contributed by atoms with Crippen LogP contribution in [0.1, 0.15) is 76.3 Å². The van der Waals surface area contributed by atoms with Gasteiger partial charge in [-0.2, -0.15) is 0 Å². The van der Waals surface area contributed by atoms with Crippen LogP contribution in [0.2, 0.25) is 0 Å². The Morgan fingerprint density at radius 2 is 2.19 bits per heavy atom. The molecular formula is C21H31NO3S. The largest absolute Gasteiger partial charge is 0.483 e. The van der Waals surface area contributed by atoms with E-state index >= 15 is 0 Å². The van der Waals surface area contributed by atoms with Gasteiger partial charge in [0.1, 0.15) is 23.5 Å². The summed E-state index contributed by atoms with van der Waals surface area (Å²) in [6.45, 7) is 6.83. The van der Waals surface area contributed by atoms with Gasteiger partial charge in [0, 0.05) is 11.5 Å². The number of hydrogen-bond donors (Lipinski definition) is 1. The molecule has 3 rings (SSSR count). The number of hydrogen-bond acceptors (Lipinski definition) is 5. The Balaban J connectivity index is 2.01. The van der Waals surface area contributed by atoms with Crippen molar-refractivity contribution in [2.45, 2.75) is 76.7 Å². The van der Waals surface area contributed by atoms with Crippen LogP contribution in [0.4, 0.5) is 0 Å². The molecule has 1 aromatic rings. The second-order valence-electron chi connectivity index (χ2n) is 8.05. The molecule has 1 fully saturated rings. The second-order valence-corrected chi connectivity index (χ2v) is 8.87. The third-order valence-electron chi connectivity index (χ3n) is 5.77. The van der Waals surface area contributed by atoms with Crippen LogP contribution in [0, 0.1) is 0 Å². The highest BCUT2D eigenvalue weighted by Crippen LogP contribution is 2.51. The van der Waals surface area contributed by atoms with Crippen LogP contribution in [0.5, 0.6) is 11.5 Å². The fraction of sp³-hybridized carbons (Fsp3) is 0.667. The summed E-state index contributed by atoms with van der Waals surface area (Å²) in [7, 11) is 0. The van der Waals surface area contributed by atoms with Gasteiger partial charge in [0.25, 0.3) is 0 Å². The van der Waals surface area contributed by atoms with Gasteiger partial charge in [0.05, 0.1) is 5.71 Å². The van der Waals surface area contributed by atoms with Crippen molar-refractivity contribution in [2.75, 3.05) is 12.2 Å². The number of rotatable bonds is 7. The van der Waals surface area contributed by atoms with Gasteiger partial charge < -0.3 is 14.7 Å². The molecule has 1 aliphatic heterocycles. The maximum Gasteiger partial charge on any atom is 0.147 e. The minimum Gasteiger partial charge on any atom is -0.483 e. The highest BCUT2D eigenvalue weighted by molar-refractivity contribution is 7.98. The Morgan fingerprint density at radius 3 is 2.88 bits per heavy atom. The summed E-state index contributed by atoms with van der Waals surface area (Å²) in [5.74, 6) is 2.72. The summed E-state index contributed by atoms with van der Waals surface area (Å²) in [6.07, 6.45) is 8.32. The standard InChI is InChI=1S/C21H31NO3S/c1-5-6-10-21(2,3)14-11-17(24-13-26-4)19-15-8-7-9-16(22-23)20(15)25-18(19)12-14/h11-12,15,20,23H,5-10,13H2,1-4H3. The van der Waals surface area contributed by atoms with E-state index in [-0.39, 0.29) is 17.4 Å². The van der Waals surface area contributed by atoms with E-state index in [9.17, 15) is 5.21 Å². The summed E-state index contributed by atoms with van der Waals surface area (Å²) in [6, 6.07) is 4.42. The molecule has 1 aliphatic carbocycles. The number of oxime groups is 1. The predicted octanol–water partition coefficient (Wildman–Crippen LogP) is 5.71. The smallest absolute Gasteiger partial charge is 0.147 e. The number of unbranched alkanes of at least 4 members (excludes halogenated alkanes) is 1. The lowest BCUT2D eigenvalue weighted by molar-refractivity contribution is 0.236. The number of fused-ring (bicyclic) bond motifs is 3. The summed E-state index contributed by atoms with van der Waals surface area (Å²) in [5.41, 5.74) is 3.27. The van der Waals surface area contributed by atoms with Crippen molar-refractivity contribution in [2.24, 2.45) is 5.16 Å². The Kier molecular flexibility index (Phi) is 6.06. The van der Waals surface area contributed by atoms with E-state index in [0.717, 1.165) is 42.9 Å². The van der Waals surface area contributed by atoms with E-state index in [1.54, 1.807) is 11.8 Å². The second kappa shape index (κ2) is 8.12. The number of ether oxygens (including phenoxy) is 2. The molecule has 0 saturated heterocycles. The van der Waals surface area contributed by atoms with Crippen LogP contribution in [-0.2, 0) is 5.41 Å². The van der Waals surface area contributed by atoms with Crippen molar-refractivity contribution in [1.29, 1.82) is 0 Å². The molecule has 0 amide bonds. The maximum absolute atomic E-state index is 9.38. The summed E-state index contributed by atoms with van der Waals surface area (Å²) in [4.78, 5) is 0. The lowest BCUT2D eigenvalue weighted by Gasteiger charge is -2.27. The van der Waals surface area contributed by atoms with Crippen LogP contribution < -0.4 is 9.47 Å². The molecule has 0 bridgehead atoms. The molecule has 1 aromatic carbocycles. The van der Waals surface area contributed by atoms with Gasteiger partial charge in [-0.05, 0) is 55.1 Å². The maximum atomic E-state index is 9.38. The Hall–Kier alpha value is -1.36. The van der Waals surface area contributed by atoms with Gasteiger partial charge in [-0.3, -0.25) is 0 Å². The molecule has 0 spiro atoms. The van der Waals surface area contributed by atoms with Gasteiger partial charge in [-0.25, -0.2) is 0 Å². The lowest BCUT2D eigenvalue weighted by Crippen LogP contribution is -2.33. The molecule has 2 atom stereocenters. The van der Waals surface area contributed by atoms with Crippen LogP contribution >= 0.6 is 11.8 Å². The van der Waals surface area contributed by atoms with Crippen LogP contribution in [0.15, 0.2) is 17.3 Å². The monoisotopic (exact) mass is 377 g/mol. The SMILES string of the molecule is CCCCC(C)(C)c1cc(OCSC)c2c(c1)OC1C(=NO)CCCC21. The molecule has 1 N–H and O–H groups in total. The highest BCUT2D eigenvalue weighted by atomic mass is 32.2. The van der Waals surface area contributed by atoms with E-state index in [1.807, 2.05) is 6.26 Å². The van der Waals surface area contributed by atoms with E-state index in [0.29, 0.717) is 5.94 Å². The van der Waals surface area contributed by atoms with Crippen molar-refractivity contribution >= 4 is 17.5 Å². The average Bonchev–Trinajstić information content (AvgIpc) is 3.03. The van der Waals surface area contributed by atoms with Crippen molar-refractivity contribution in [3.8, 4) is 11.5 Å². The van der Waals surface area contributed by atoms with Crippen molar-refractivity contribution in [1.82, 2.24) is 0 Å². The third kappa shape index (κ3) is 3.68. The first-order valence-electron chi connectivity index (χ1n) is 9.69. The van der Waals surface area contributed by atoms with Gasteiger partial charge in [0.2, 0.25) is 0 Å². The molecule has 2 unspecified atom stereocenters. The molecule has 26 heavy (non-hydrogen) atoms. The molecule has 5 heteroatoms. The van der Waals surface area contributed by atoms with Gasteiger partial charge in [0.15, 0.2) is 0 Å². The van der Waals surface area contributed by atoms with Crippen LogP contribution in [0.3, 0.4) is 0 Å². The van der Waals surface area contributed by atoms with Crippen molar-refractivity contribution in [3.05, 3.63) is 23.3 Å². The fourth-order valence-corrected chi connectivity index (χ4v) is 4.42. The predicted molar refractivity (Wildman–Crippen MR) is 108 cm³/mol. The third-order valence-corrected chi connectivity index (χ3v) is 6.12. The van der Waals surface area contributed by atoms with Crippen molar-refractivity contribution in [3.63, 3.8) is 0 Å². The zero-order valence-electron chi connectivity index (χ0n) is 16.4. The molecule has 0 radical (unpaired) electrons. The average molecular weight is 378 g/mol. The highest BCUT2D eigenvalue weighted by Gasteiger charge is 2.43. The van der Waals surface area contributed by atoms with Gasteiger partial charge in [-0.1, -0.05) is 38.8 Å². The van der Waals surface area contributed by atoms with E-state index in [1.165, 1.54) is 24.0 Å². The molecule has 0 aromatic heterocycles. The molecule has 144 valence electrons. The lowest BCUT2D eigenvalue weighted by atomic mass is 9.77. The first-order chi connectivity index (χ1) is 12.5. The summed E-state index contributed by atoms with van der Waals surface area (Å²) in [5, 5.41) is 12.9. The Labute approximate surface area is 161 Å². The molecule has 2 aliphatic rings. The normalized spacial score (nSPS) is 23.5. The minimum atomic E-state index is -0.144. The van der Waals surface area contributed by atoms with E-state index in [2.05, 4.69) is 38.1 Å². The van der Waals surface area contributed by atoms with Gasteiger partial charge >= 0.3 is 0 Å². The molecule has 4 nitrogen and oxygen atoms in total. The minimum absolute atomic E-state index is 0.0769. The Morgan fingerprint density at radius 1 is 1.38 bits per heavy atom. The number of benzene rings is 1. The Bertz CT molecular complexity index is 671. The zero-order valence-corrected chi connectivity index (χ0v) is 17.2. The number of thioether (sulfide) groups is 1. The summed E-state index contributed by atoms with van der Waals surface area (Å²) < 4.78 is 12.4. The zero-order chi connectivity index (χ0) is 18.7. The molecule has 1 heterocycles. The van der Waals surface area contributed by atoms with Crippen LogP contribution in [-0.4, -0.2) is 29.2 Å². The van der Waals surface area contributed by atoms with E-state index in [4.69, 9.17) is 9.47 Å². The fourth-order valence-electron chi connectivity index (χ4n) is 4.18. The van der Waals surface area contributed by atoms with Crippen LogP contribution in [0.25, 0.3) is 0 Å². The first kappa shape index (κ1) is 19.4. The first-order valence-corrected chi connectivity index (χ1v) is 11.1. The summed E-state index contributed by atoms with van der Waals surface area (Å²) >= 11 is 1.68. The number of nitrogens with zero attached hydrogens (tertiary/aromatic N) is 1.